The molecule has 19 heavy (non-hydrogen) atoms. The SMILES string of the molecule is CC(N)Cc1cccnc1N(C)c1cccc(F)c1. The van der Waals surface area contributed by atoms with E-state index in [2.05, 4.69) is 4.98 Å². The molecule has 1 atom stereocenters. The van der Waals surface area contributed by atoms with Crippen LogP contribution in [0.4, 0.5) is 15.9 Å². The lowest BCUT2D eigenvalue weighted by Gasteiger charge is -2.22. The molecule has 2 N–H and O–H groups in total. The van der Waals surface area contributed by atoms with E-state index in [1.165, 1.54) is 12.1 Å². The zero-order valence-corrected chi connectivity index (χ0v) is 11.2. The molecule has 1 heterocycles. The van der Waals surface area contributed by atoms with Crippen LogP contribution in [0.5, 0.6) is 0 Å². The van der Waals surface area contributed by atoms with Crippen molar-refractivity contribution in [3.8, 4) is 0 Å². The van der Waals surface area contributed by atoms with Crippen molar-refractivity contribution < 1.29 is 4.39 Å². The van der Waals surface area contributed by atoms with Gasteiger partial charge in [0.2, 0.25) is 0 Å². The van der Waals surface area contributed by atoms with Gasteiger partial charge in [-0.3, -0.25) is 0 Å². The highest BCUT2D eigenvalue weighted by Gasteiger charge is 2.12. The molecule has 2 aromatic rings. The average Bonchev–Trinajstić information content (AvgIpc) is 2.38. The lowest BCUT2D eigenvalue weighted by atomic mass is 10.1. The number of nitrogens with zero attached hydrogens (tertiary/aromatic N) is 2. The molecule has 1 aromatic heterocycles. The number of aromatic nitrogens is 1. The van der Waals surface area contributed by atoms with Crippen LogP contribution in [0.2, 0.25) is 0 Å². The summed E-state index contributed by atoms with van der Waals surface area (Å²) in [5, 5.41) is 0. The minimum atomic E-state index is -0.256. The molecular weight excluding hydrogens is 241 g/mol. The van der Waals surface area contributed by atoms with Crippen LogP contribution >= 0.6 is 0 Å². The maximum Gasteiger partial charge on any atom is 0.135 e. The Morgan fingerprint density at radius 3 is 2.79 bits per heavy atom. The molecule has 0 saturated carbocycles. The molecule has 0 fully saturated rings. The van der Waals surface area contributed by atoms with E-state index < -0.39 is 0 Å². The van der Waals surface area contributed by atoms with E-state index in [0.29, 0.717) is 0 Å². The summed E-state index contributed by atoms with van der Waals surface area (Å²) in [5.41, 5.74) is 7.68. The van der Waals surface area contributed by atoms with Crippen LogP contribution in [0, 0.1) is 5.82 Å². The van der Waals surface area contributed by atoms with E-state index in [-0.39, 0.29) is 11.9 Å². The molecule has 2 rings (SSSR count). The van der Waals surface area contributed by atoms with Crippen molar-refractivity contribution in [2.75, 3.05) is 11.9 Å². The fraction of sp³-hybridized carbons (Fsp3) is 0.267. The molecule has 0 aliphatic carbocycles. The minimum Gasteiger partial charge on any atom is -0.329 e. The Kier molecular flexibility index (Phi) is 4.12. The molecule has 4 heteroatoms. The molecule has 0 aliphatic heterocycles. The number of hydrogen-bond donors (Lipinski definition) is 1. The summed E-state index contributed by atoms with van der Waals surface area (Å²) in [5.74, 6) is 0.555. The van der Waals surface area contributed by atoms with Gasteiger partial charge in [-0.05, 0) is 43.2 Å². The summed E-state index contributed by atoms with van der Waals surface area (Å²) in [7, 11) is 1.88. The molecule has 0 saturated heterocycles. The Bertz CT molecular complexity index is 555. The first-order chi connectivity index (χ1) is 9.08. The van der Waals surface area contributed by atoms with Crippen molar-refractivity contribution in [2.45, 2.75) is 19.4 Å². The smallest absolute Gasteiger partial charge is 0.135 e. The van der Waals surface area contributed by atoms with Crippen molar-refractivity contribution in [3.05, 3.63) is 54.0 Å². The van der Waals surface area contributed by atoms with E-state index in [1.54, 1.807) is 12.3 Å². The Balaban J connectivity index is 2.35. The zero-order valence-electron chi connectivity index (χ0n) is 11.2. The van der Waals surface area contributed by atoms with Crippen LogP contribution in [-0.4, -0.2) is 18.1 Å². The summed E-state index contributed by atoms with van der Waals surface area (Å²) in [4.78, 5) is 6.26. The predicted octanol–water partition coefficient (Wildman–Crippen LogP) is 2.88. The highest BCUT2D eigenvalue weighted by molar-refractivity contribution is 5.62. The number of halogens is 1. The van der Waals surface area contributed by atoms with E-state index in [4.69, 9.17) is 5.73 Å². The topological polar surface area (TPSA) is 42.1 Å². The first-order valence-electron chi connectivity index (χ1n) is 6.26. The van der Waals surface area contributed by atoms with E-state index in [1.807, 2.05) is 37.1 Å². The molecular formula is C15H18FN3. The van der Waals surface area contributed by atoms with E-state index in [9.17, 15) is 4.39 Å². The third kappa shape index (κ3) is 3.29. The van der Waals surface area contributed by atoms with Gasteiger partial charge in [-0.25, -0.2) is 9.37 Å². The number of rotatable bonds is 4. The Labute approximate surface area is 112 Å². The van der Waals surface area contributed by atoms with Crippen LogP contribution in [0.1, 0.15) is 12.5 Å². The second-order valence-corrected chi connectivity index (χ2v) is 4.71. The van der Waals surface area contributed by atoms with E-state index in [0.717, 1.165) is 23.5 Å². The van der Waals surface area contributed by atoms with Gasteiger partial charge >= 0.3 is 0 Å². The Hall–Kier alpha value is -1.94. The van der Waals surface area contributed by atoms with Gasteiger partial charge in [-0.15, -0.1) is 0 Å². The van der Waals surface area contributed by atoms with Gasteiger partial charge in [0.15, 0.2) is 0 Å². The molecule has 100 valence electrons. The predicted molar refractivity (Wildman–Crippen MR) is 76.1 cm³/mol. The monoisotopic (exact) mass is 259 g/mol. The van der Waals surface area contributed by atoms with Gasteiger partial charge in [0, 0.05) is 25.0 Å². The molecule has 0 amide bonds. The fourth-order valence-electron chi connectivity index (χ4n) is 2.05. The van der Waals surface area contributed by atoms with Gasteiger partial charge in [0.1, 0.15) is 11.6 Å². The largest absolute Gasteiger partial charge is 0.329 e. The lowest BCUT2D eigenvalue weighted by molar-refractivity contribution is 0.628. The summed E-state index contributed by atoms with van der Waals surface area (Å²) in [6.07, 6.45) is 2.47. The first-order valence-corrected chi connectivity index (χ1v) is 6.26. The molecule has 0 spiro atoms. The highest BCUT2D eigenvalue weighted by Crippen LogP contribution is 2.25. The maximum absolute atomic E-state index is 13.3. The summed E-state index contributed by atoms with van der Waals surface area (Å²) >= 11 is 0. The van der Waals surface area contributed by atoms with Crippen LogP contribution < -0.4 is 10.6 Å². The average molecular weight is 259 g/mol. The van der Waals surface area contributed by atoms with Crippen LogP contribution in [-0.2, 0) is 6.42 Å². The first kappa shape index (κ1) is 13.5. The van der Waals surface area contributed by atoms with Gasteiger partial charge in [-0.2, -0.15) is 0 Å². The number of nitrogens with two attached hydrogens (primary N) is 1. The van der Waals surface area contributed by atoms with Crippen LogP contribution in [0.25, 0.3) is 0 Å². The van der Waals surface area contributed by atoms with Crippen molar-refractivity contribution in [1.82, 2.24) is 4.98 Å². The van der Waals surface area contributed by atoms with Crippen molar-refractivity contribution in [2.24, 2.45) is 5.73 Å². The number of hydrogen-bond acceptors (Lipinski definition) is 3. The second kappa shape index (κ2) is 5.80. The second-order valence-electron chi connectivity index (χ2n) is 4.71. The van der Waals surface area contributed by atoms with Gasteiger partial charge < -0.3 is 10.6 Å². The fourth-order valence-corrected chi connectivity index (χ4v) is 2.05. The van der Waals surface area contributed by atoms with Crippen LogP contribution in [0.15, 0.2) is 42.6 Å². The molecule has 1 aromatic carbocycles. The van der Waals surface area contributed by atoms with Gasteiger partial charge in [0.05, 0.1) is 0 Å². The Morgan fingerprint density at radius 2 is 2.11 bits per heavy atom. The molecule has 3 nitrogen and oxygen atoms in total. The van der Waals surface area contributed by atoms with Crippen LogP contribution in [0.3, 0.4) is 0 Å². The minimum absolute atomic E-state index is 0.0591. The quantitative estimate of drug-likeness (QED) is 0.918. The standard InChI is InChI=1S/C15H18FN3/c1-11(17)9-12-5-4-8-18-15(12)19(2)14-7-3-6-13(16)10-14/h3-8,10-11H,9,17H2,1-2H3. The van der Waals surface area contributed by atoms with E-state index >= 15 is 0 Å². The molecule has 0 aliphatic rings. The lowest BCUT2D eigenvalue weighted by Crippen LogP contribution is -2.21. The van der Waals surface area contributed by atoms with Crippen molar-refractivity contribution >= 4 is 11.5 Å². The van der Waals surface area contributed by atoms with Crippen molar-refractivity contribution in [1.29, 1.82) is 0 Å². The van der Waals surface area contributed by atoms with Gasteiger partial charge in [-0.1, -0.05) is 12.1 Å². The molecule has 1 unspecified atom stereocenters. The summed E-state index contributed by atoms with van der Waals surface area (Å²) < 4.78 is 13.3. The van der Waals surface area contributed by atoms with Crippen molar-refractivity contribution in [3.63, 3.8) is 0 Å². The number of pyridine rings is 1. The third-order valence-corrected chi connectivity index (χ3v) is 2.92. The maximum atomic E-state index is 13.3. The summed E-state index contributed by atoms with van der Waals surface area (Å²) in [6.45, 7) is 1.96. The Morgan fingerprint density at radius 1 is 1.32 bits per heavy atom. The molecule has 0 radical (unpaired) electrons. The zero-order chi connectivity index (χ0) is 13.8. The summed E-state index contributed by atoms with van der Waals surface area (Å²) in [6, 6.07) is 10.4. The third-order valence-electron chi connectivity index (χ3n) is 2.92. The normalized spacial score (nSPS) is 12.2. The van der Waals surface area contributed by atoms with Gasteiger partial charge in [0.25, 0.3) is 0 Å². The molecule has 0 bridgehead atoms. The number of benzene rings is 1. The highest BCUT2D eigenvalue weighted by atomic mass is 19.1. The number of anilines is 2.